The number of hydrogen-bond donors (Lipinski definition) is 1. The number of fused-ring (bicyclic) bond motifs is 3. The van der Waals surface area contributed by atoms with Crippen molar-refractivity contribution in [1.29, 1.82) is 0 Å². The third kappa shape index (κ3) is 3.85. The van der Waals surface area contributed by atoms with E-state index < -0.39 is 35.6 Å². The van der Waals surface area contributed by atoms with Crippen molar-refractivity contribution in [1.82, 2.24) is 4.90 Å². The minimum absolute atomic E-state index is 0.123. The van der Waals surface area contributed by atoms with Crippen LogP contribution in [0.15, 0.2) is 66.8 Å². The van der Waals surface area contributed by atoms with Crippen LogP contribution in [0.5, 0.6) is 0 Å². The Bertz CT molecular complexity index is 1340. The molecule has 2 fully saturated rings. The van der Waals surface area contributed by atoms with Crippen molar-refractivity contribution in [3.8, 4) is 0 Å². The fourth-order valence-corrected chi connectivity index (χ4v) is 6.51. The summed E-state index contributed by atoms with van der Waals surface area (Å²) in [7, 11) is 0. The minimum atomic E-state index is -1.31. The highest BCUT2D eigenvalue weighted by Gasteiger charge is 2.71. The number of cyclic esters (lactones) is 1. The van der Waals surface area contributed by atoms with Gasteiger partial charge in [0.1, 0.15) is 17.6 Å². The summed E-state index contributed by atoms with van der Waals surface area (Å²) in [5, 5.41) is 11.6. The number of hydrogen-bond acceptors (Lipinski definition) is 6. The molecule has 1 N–H and O–H groups in total. The van der Waals surface area contributed by atoms with Gasteiger partial charge in [-0.3, -0.25) is 14.4 Å². The number of esters is 1. The Labute approximate surface area is 221 Å². The van der Waals surface area contributed by atoms with Gasteiger partial charge in [-0.15, -0.1) is 0 Å². The van der Waals surface area contributed by atoms with Crippen molar-refractivity contribution >= 4 is 34.2 Å². The van der Waals surface area contributed by atoms with Crippen LogP contribution in [0.2, 0.25) is 0 Å². The Morgan fingerprint density at radius 1 is 1.05 bits per heavy atom. The number of carbonyl (C=O) groups is 3. The summed E-state index contributed by atoms with van der Waals surface area (Å²) in [6, 6.07) is 12.8. The highest BCUT2D eigenvalue weighted by Crippen LogP contribution is 2.53. The molecule has 0 bridgehead atoms. The zero-order valence-electron chi connectivity index (χ0n) is 21.4. The molecule has 38 heavy (non-hydrogen) atoms. The van der Waals surface area contributed by atoms with E-state index in [1.165, 1.54) is 4.90 Å². The van der Waals surface area contributed by atoms with Crippen LogP contribution in [0.3, 0.4) is 0 Å². The maximum absolute atomic E-state index is 14.4. The van der Waals surface area contributed by atoms with Gasteiger partial charge in [0.15, 0.2) is 0 Å². The molecule has 3 unspecified atom stereocenters. The van der Waals surface area contributed by atoms with Gasteiger partial charge in [0.25, 0.3) is 5.91 Å². The maximum Gasteiger partial charge on any atom is 0.313 e. The second-order valence-electron chi connectivity index (χ2n) is 10.6. The molecule has 6 atom stereocenters. The molecule has 4 heterocycles. The van der Waals surface area contributed by atoms with Crippen LogP contribution < -0.4 is 4.90 Å². The molecule has 2 saturated heterocycles. The van der Waals surface area contributed by atoms with Gasteiger partial charge in [-0.25, -0.2) is 0 Å². The van der Waals surface area contributed by atoms with Crippen LogP contribution in [0.1, 0.15) is 26.2 Å². The Balaban J connectivity index is 1.44. The number of ether oxygens (including phenoxy) is 2. The largest absolute Gasteiger partial charge is 0.462 e. The molecule has 0 radical (unpaired) electrons. The molecule has 4 aliphatic rings. The first-order chi connectivity index (χ1) is 18.4. The molecular weight excluding hydrogens is 484 g/mol. The molecule has 2 aromatic carbocycles. The van der Waals surface area contributed by atoms with E-state index >= 15 is 0 Å². The number of aliphatic hydroxyl groups is 1. The van der Waals surface area contributed by atoms with Gasteiger partial charge in [0.05, 0.1) is 18.1 Å². The van der Waals surface area contributed by atoms with Crippen LogP contribution >= 0.6 is 0 Å². The van der Waals surface area contributed by atoms with Crippen LogP contribution in [0.25, 0.3) is 10.8 Å². The minimum Gasteiger partial charge on any atom is -0.462 e. The second-order valence-corrected chi connectivity index (χ2v) is 10.6. The molecule has 0 saturated carbocycles. The fourth-order valence-electron chi connectivity index (χ4n) is 6.51. The van der Waals surface area contributed by atoms with E-state index in [2.05, 4.69) is 0 Å². The van der Waals surface area contributed by atoms with Crippen LogP contribution in [0, 0.1) is 11.8 Å². The van der Waals surface area contributed by atoms with Gasteiger partial charge in [-0.1, -0.05) is 54.6 Å². The Kier molecular flexibility index (Phi) is 6.32. The van der Waals surface area contributed by atoms with Gasteiger partial charge in [-0.05, 0) is 49.1 Å². The number of carbonyl (C=O) groups excluding carboxylic acids is 3. The number of anilines is 1. The maximum atomic E-state index is 14.4. The quantitative estimate of drug-likeness (QED) is 0.496. The van der Waals surface area contributed by atoms with Crippen LogP contribution in [-0.2, 0) is 23.9 Å². The summed E-state index contributed by atoms with van der Waals surface area (Å²) in [6.45, 7) is 2.22. The lowest BCUT2D eigenvalue weighted by molar-refractivity contribution is -0.158. The third-order valence-corrected chi connectivity index (χ3v) is 8.25. The molecule has 198 valence electrons. The summed E-state index contributed by atoms with van der Waals surface area (Å²) < 4.78 is 12.4. The molecule has 0 aliphatic carbocycles. The van der Waals surface area contributed by atoms with Crippen molar-refractivity contribution in [3.05, 3.63) is 66.8 Å². The highest BCUT2D eigenvalue weighted by atomic mass is 16.6. The molecular formula is C30H32N2O6. The monoisotopic (exact) mass is 516 g/mol. The van der Waals surface area contributed by atoms with E-state index in [9.17, 15) is 19.5 Å². The van der Waals surface area contributed by atoms with Crippen molar-refractivity contribution in [2.75, 3.05) is 24.6 Å². The van der Waals surface area contributed by atoms with Gasteiger partial charge in [0, 0.05) is 25.4 Å². The van der Waals surface area contributed by atoms with Gasteiger partial charge in [-0.2, -0.15) is 0 Å². The average molecular weight is 517 g/mol. The zero-order chi connectivity index (χ0) is 26.4. The lowest BCUT2D eigenvalue weighted by Crippen LogP contribution is -2.55. The molecule has 8 nitrogen and oxygen atoms in total. The van der Waals surface area contributed by atoms with Gasteiger partial charge < -0.3 is 24.4 Å². The Hall–Kier alpha value is -3.49. The number of amides is 2. The molecule has 0 aromatic heterocycles. The number of aliphatic hydroxyl groups excluding tert-OH is 1. The Morgan fingerprint density at radius 3 is 2.68 bits per heavy atom. The van der Waals surface area contributed by atoms with Gasteiger partial charge >= 0.3 is 5.97 Å². The molecule has 1 spiro atoms. The standard InChI is InChI=1S/C30H32N2O6/c1-19-8-2-5-11-23-24(29(36)37-19)25-27(34)32(16-7-17-33)26-28(35)31(15-6-14-30(25,26)38-23)22-13-12-20-9-3-4-10-21(20)18-22/h3-6,9-14,18-19,23-26,33H,2,7-8,15-17H2,1H3/b11-5-/t19?,23-,24?,25+,26-,30?/m1/s1. The topological polar surface area (TPSA) is 96.4 Å². The Morgan fingerprint density at radius 2 is 1.87 bits per heavy atom. The number of likely N-dealkylation sites (tertiary alicyclic amines) is 1. The highest BCUT2D eigenvalue weighted by molar-refractivity contribution is 6.06. The zero-order valence-corrected chi connectivity index (χ0v) is 21.4. The lowest BCUT2D eigenvalue weighted by Gasteiger charge is -2.35. The summed E-state index contributed by atoms with van der Waals surface area (Å²) in [5.41, 5.74) is -0.585. The predicted molar refractivity (Wildman–Crippen MR) is 141 cm³/mol. The van der Waals surface area contributed by atoms with Crippen molar-refractivity contribution < 1.29 is 29.0 Å². The normalized spacial score (nSPS) is 33.6. The lowest BCUT2D eigenvalue weighted by atomic mass is 9.78. The van der Waals surface area contributed by atoms with Crippen molar-refractivity contribution in [3.63, 3.8) is 0 Å². The third-order valence-electron chi connectivity index (χ3n) is 8.25. The fraction of sp³-hybridized carbons (Fsp3) is 0.433. The van der Waals surface area contributed by atoms with Crippen molar-refractivity contribution in [2.45, 2.75) is 50.0 Å². The average Bonchev–Trinajstić information content (AvgIpc) is 3.31. The molecule has 6 rings (SSSR count). The first-order valence-corrected chi connectivity index (χ1v) is 13.4. The summed E-state index contributed by atoms with van der Waals surface area (Å²) in [4.78, 5) is 45.0. The first kappa shape index (κ1) is 24.8. The SMILES string of the molecule is CC1CC/C=C\[C@H]2OC34C=CCN(c5ccc6ccccc6c5)C(=O)[C@H]3N(CCCO)C(=O)[C@@H]4C2C(=O)O1. The van der Waals surface area contributed by atoms with E-state index in [1.54, 1.807) is 4.90 Å². The van der Waals surface area contributed by atoms with E-state index in [-0.39, 0.29) is 31.1 Å². The number of allylic oxidation sites excluding steroid dienone is 1. The van der Waals surface area contributed by atoms with Crippen molar-refractivity contribution in [2.24, 2.45) is 11.8 Å². The van der Waals surface area contributed by atoms with E-state index in [1.807, 2.05) is 73.7 Å². The number of rotatable bonds is 4. The smallest absolute Gasteiger partial charge is 0.313 e. The summed E-state index contributed by atoms with van der Waals surface area (Å²) in [5.74, 6) is -2.80. The second kappa shape index (κ2) is 9.67. The van der Waals surface area contributed by atoms with Gasteiger partial charge in [0.2, 0.25) is 5.91 Å². The summed E-state index contributed by atoms with van der Waals surface area (Å²) >= 11 is 0. The van der Waals surface area contributed by atoms with Crippen LogP contribution in [0.4, 0.5) is 5.69 Å². The van der Waals surface area contributed by atoms with Crippen LogP contribution in [-0.4, -0.2) is 71.3 Å². The predicted octanol–water partition coefficient (Wildman–Crippen LogP) is 2.99. The molecule has 4 aliphatic heterocycles. The molecule has 8 heteroatoms. The molecule has 2 aromatic rings. The van der Waals surface area contributed by atoms with E-state index in [0.29, 0.717) is 19.4 Å². The summed E-state index contributed by atoms with van der Waals surface area (Å²) in [6.07, 6.45) is 8.29. The first-order valence-electron chi connectivity index (χ1n) is 13.4. The number of nitrogens with zero attached hydrogens (tertiary/aromatic N) is 2. The number of benzene rings is 2. The van der Waals surface area contributed by atoms with E-state index in [4.69, 9.17) is 9.47 Å². The van der Waals surface area contributed by atoms with E-state index in [0.717, 1.165) is 22.9 Å². The molecule has 2 amide bonds.